The molecule has 4 fully saturated rings. The molecule has 6 amide bonds. The van der Waals surface area contributed by atoms with E-state index in [1.54, 1.807) is 4.90 Å². The molecule has 2 unspecified atom stereocenters. The summed E-state index contributed by atoms with van der Waals surface area (Å²) >= 11 is 0. The van der Waals surface area contributed by atoms with Crippen LogP contribution in [0.15, 0.2) is 72.8 Å². The van der Waals surface area contributed by atoms with Crippen molar-refractivity contribution >= 4 is 35.5 Å². The molecule has 340 valence electrons. The zero-order valence-electron chi connectivity index (χ0n) is 36.8. The largest absolute Gasteiger partial charge is 0.457 e. The molecule has 4 saturated heterocycles. The number of piperazine rings is 1. The number of amides is 6. The number of nitrogens with one attached hydrogen (secondary N) is 2. The molecule has 65 heavy (non-hydrogen) atoms. The number of carbonyl (C=O) groups is 5. The lowest BCUT2D eigenvalue weighted by Crippen LogP contribution is -2.55. The van der Waals surface area contributed by atoms with Crippen molar-refractivity contribution in [3.8, 4) is 22.8 Å². The van der Waals surface area contributed by atoms with Gasteiger partial charge in [-0.05, 0) is 117 Å². The molecule has 0 bridgehead atoms. The Balaban J connectivity index is 0.669. The van der Waals surface area contributed by atoms with Gasteiger partial charge in [-0.2, -0.15) is 5.10 Å². The summed E-state index contributed by atoms with van der Waals surface area (Å²) in [6.45, 7) is 9.73. The van der Waals surface area contributed by atoms with E-state index in [2.05, 4.69) is 32.6 Å². The van der Waals surface area contributed by atoms with E-state index < -0.39 is 11.9 Å². The summed E-state index contributed by atoms with van der Waals surface area (Å²) in [7, 11) is 0. The molecular formula is C49H58N10O6. The van der Waals surface area contributed by atoms with E-state index in [0.717, 1.165) is 108 Å². The quantitative estimate of drug-likeness (QED) is 0.186. The second kappa shape index (κ2) is 18.3. The SMILES string of the molecule is NC(=O)c1c(-c2ccc(Oc3ccccc3)cc2)nn2c1NCCC2C1CCN(C(=O)N2CCN(CCN3CCC(c4ccc5c(c4)CN(C4CCC(=O)NC4=O)C5=O)CC3)CC2)CC1. The third kappa shape index (κ3) is 8.80. The van der Waals surface area contributed by atoms with Crippen LogP contribution in [0, 0.1) is 5.92 Å². The van der Waals surface area contributed by atoms with Crippen LogP contribution in [-0.4, -0.2) is 142 Å². The highest BCUT2D eigenvalue weighted by Gasteiger charge is 2.40. The van der Waals surface area contributed by atoms with E-state index in [-0.39, 0.29) is 36.2 Å². The van der Waals surface area contributed by atoms with Gasteiger partial charge >= 0.3 is 6.03 Å². The third-order valence-corrected chi connectivity index (χ3v) is 14.6. The standard InChI is InChI=1S/C49H58N10O6/c50-45(61)43-44(34-6-9-38(10-7-34)65-37-4-2-1-3-5-37)53-59-40(14-19-51-46(43)59)33-17-22-56(23-18-33)49(64)57-28-26-55(27-29-57)25-24-54-20-15-32(16-21-54)35-8-11-39-36(30-35)31-58(48(39)63)41-12-13-42(60)52-47(41)62/h1-11,30,32-33,40-41,51H,12-29,31H2,(H2,50,61)(H,52,60,62). The first-order chi connectivity index (χ1) is 31.7. The molecule has 10 rings (SSSR count). The summed E-state index contributed by atoms with van der Waals surface area (Å²) < 4.78 is 7.96. The first-order valence-corrected chi connectivity index (χ1v) is 23.4. The number of nitrogens with zero attached hydrogens (tertiary/aromatic N) is 7. The lowest BCUT2D eigenvalue weighted by Gasteiger charge is -2.42. The number of carbonyl (C=O) groups excluding carboxylic acids is 5. The highest BCUT2D eigenvalue weighted by atomic mass is 16.5. The van der Waals surface area contributed by atoms with Gasteiger partial charge in [-0.25, -0.2) is 9.48 Å². The fraction of sp³-hybridized carbons (Fsp3) is 0.469. The maximum Gasteiger partial charge on any atom is 0.320 e. The Kier molecular flexibility index (Phi) is 12.0. The average Bonchev–Trinajstić information content (AvgIpc) is 3.89. The molecule has 0 aliphatic carbocycles. The van der Waals surface area contributed by atoms with Crippen molar-refractivity contribution in [1.29, 1.82) is 0 Å². The predicted molar refractivity (Wildman–Crippen MR) is 243 cm³/mol. The number of para-hydroxylation sites is 1. The van der Waals surface area contributed by atoms with Gasteiger partial charge in [0, 0.05) is 83.0 Å². The minimum absolute atomic E-state index is 0.0938. The van der Waals surface area contributed by atoms with Gasteiger partial charge < -0.3 is 35.4 Å². The normalized spacial score (nSPS) is 22.3. The summed E-state index contributed by atoms with van der Waals surface area (Å²) in [5.74, 6) is 1.54. The fourth-order valence-electron chi connectivity index (χ4n) is 10.9. The second-order valence-electron chi connectivity index (χ2n) is 18.5. The number of hydrogen-bond donors (Lipinski definition) is 3. The first kappa shape index (κ1) is 42.7. The molecule has 0 spiro atoms. The van der Waals surface area contributed by atoms with Crippen LogP contribution in [0.1, 0.15) is 88.7 Å². The summed E-state index contributed by atoms with van der Waals surface area (Å²) in [5, 5.41) is 10.8. The number of rotatable bonds is 10. The zero-order chi connectivity index (χ0) is 44.6. The Labute approximate surface area is 379 Å². The Morgan fingerprint density at radius 1 is 0.754 bits per heavy atom. The number of urea groups is 1. The molecule has 4 aromatic rings. The lowest BCUT2D eigenvalue weighted by atomic mass is 9.87. The minimum Gasteiger partial charge on any atom is -0.457 e. The molecule has 0 radical (unpaired) electrons. The Morgan fingerprint density at radius 2 is 1.45 bits per heavy atom. The van der Waals surface area contributed by atoms with Gasteiger partial charge in [0.05, 0.1) is 6.04 Å². The molecule has 0 saturated carbocycles. The molecule has 3 aromatic carbocycles. The number of hydrogen-bond acceptors (Lipinski definition) is 10. The molecule has 1 aromatic heterocycles. The van der Waals surface area contributed by atoms with E-state index >= 15 is 0 Å². The smallest absolute Gasteiger partial charge is 0.320 e. The number of anilines is 1. The van der Waals surface area contributed by atoms with Crippen LogP contribution in [-0.2, 0) is 16.1 Å². The van der Waals surface area contributed by atoms with E-state index in [0.29, 0.717) is 66.3 Å². The summed E-state index contributed by atoms with van der Waals surface area (Å²) in [4.78, 5) is 74.7. The number of piperidine rings is 3. The van der Waals surface area contributed by atoms with Crippen LogP contribution in [0.25, 0.3) is 11.3 Å². The van der Waals surface area contributed by atoms with Crippen molar-refractivity contribution in [2.45, 2.75) is 69.5 Å². The van der Waals surface area contributed by atoms with E-state index in [9.17, 15) is 24.0 Å². The lowest BCUT2D eigenvalue weighted by molar-refractivity contribution is -0.136. The Hall–Kier alpha value is -6.26. The first-order valence-electron chi connectivity index (χ1n) is 23.4. The molecule has 16 nitrogen and oxygen atoms in total. The molecule has 6 aliphatic rings. The zero-order valence-corrected chi connectivity index (χ0v) is 36.8. The maximum atomic E-state index is 13.8. The highest BCUT2D eigenvalue weighted by molar-refractivity contribution is 6.05. The highest BCUT2D eigenvalue weighted by Crippen LogP contribution is 2.41. The topological polar surface area (TPSA) is 179 Å². The molecule has 16 heteroatoms. The van der Waals surface area contributed by atoms with E-state index in [4.69, 9.17) is 15.6 Å². The van der Waals surface area contributed by atoms with E-state index in [1.165, 1.54) is 5.56 Å². The van der Waals surface area contributed by atoms with Crippen LogP contribution in [0.2, 0.25) is 0 Å². The van der Waals surface area contributed by atoms with Crippen molar-refractivity contribution < 1.29 is 28.7 Å². The number of primary amides is 1. The van der Waals surface area contributed by atoms with Crippen LogP contribution >= 0.6 is 0 Å². The number of benzene rings is 3. The van der Waals surface area contributed by atoms with Gasteiger partial charge in [0.2, 0.25) is 11.8 Å². The molecule has 2 atom stereocenters. The second-order valence-corrected chi connectivity index (χ2v) is 18.5. The predicted octanol–water partition coefficient (Wildman–Crippen LogP) is 4.89. The third-order valence-electron chi connectivity index (χ3n) is 14.6. The number of imide groups is 1. The fourth-order valence-corrected chi connectivity index (χ4v) is 10.9. The van der Waals surface area contributed by atoms with Gasteiger partial charge in [0.1, 0.15) is 34.6 Å². The molecule has 7 heterocycles. The van der Waals surface area contributed by atoms with Crippen LogP contribution in [0.3, 0.4) is 0 Å². The van der Waals surface area contributed by atoms with Gasteiger partial charge in [0.25, 0.3) is 11.8 Å². The van der Waals surface area contributed by atoms with Crippen LogP contribution < -0.4 is 21.1 Å². The van der Waals surface area contributed by atoms with Crippen molar-refractivity contribution in [3.63, 3.8) is 0 Å². The van der Waals surface area contributed by atoms with Gasteiger partial charge in [-0.3, -0.25) is 29.4 Å². The van der Waals surface area contributed by atoms with E-state index in [1.807, 2.05) is 75.1 Å². The summed E-state index contributed by atoms with van der Waals surface area (Å²) in [6.07, 6.45) is 5.34. The number of ether oxygens (including phenoxy) is 1. The number of aromatic nitrogens is 2. The summed E-state index contributed by atoms with van der Waals surface area (Å²) in [6, 6.07) is 23.0. The monoisotopic (exact) mass is 882 g/mol. The Bertz CT molecular complexity index is 2430. The number of nitrogens with two attached hydrogens (primary N) is 1. The number of fused-ring (bicyclic) bond motifs is 2. The average molecular weight is 883 g/mol. The van der Waals surface area contributed by atoms with Crippen molar-refractivity contribution in [1.82, 2.24) is 39.6 Å². The van der Waals surface area contributed by atoms with Gasteiger partial charge in [-0.1, -0.05) is 30.3 Å². The molecule has 6 aliphatic heterocycles. The summed E-state index contributed by atoms with van der Waals surface area (Å²) in [5.41, 5.74) is 10.6. The molecular weight excluding hydrogens is 825 g/mol. The Morgan fingerprint density at radius 3 is 2.15 bits per heavy atom. The number of likely N-dealkylation sites (tertiary alicyclic amines) is 2. The van der Waals surface area contributed by atoms with Gasteiger partial charge in [0.15, 0.2) is 0 Å². The van der Waals surface area contributed by atoms with Crippen molar-refractivity contribution in [2.24, 2.45) is 11.7 Å². The maximum absolute atomic E-state index is 13.8. The molecule has 4 N–H and O–H groups in total. The van der Waals surface area contributed by atoms with Crippen molar-refractivity contribution in [2.75, 3.05) is 77.3 Å². The van der Waals surface area contributed by atoms with Crippen LogP contribution in [0.4, 0.5) is 10.6 Å². The minimum atomic E-state index is -0.597. The van der Waals surface area contributed by atoms with Crippen molar-refractivity contribution in [3.05, 3.63) is 95.1 Å². The van der Waals surface area contributed by atoms with Crippen LogP contribution in [0.5, 0.6) is 11.5 Å². The van der Waals surface area contributed by atoms with Gasteiger partial charge in [-0.15, -0.1) is 0 Å².